The van der Waals surface area contributed by atoms with Crippen LogP contribution in [0.25, 0.3) is 22.0 Å². The first-order valence-corrected chi connectivity index (χ1v) is 7.75. The maximum absolute atomic E-state index is 11.9. The summed E-state index contributed by atoms with van der Waals surface area (Å²) in [5, 5.41) is 11.0. The smallest absolute Gasteiger partial charge is 0.272 e. The Hall–Kier alpha value is -2.60. The minimum Gasteiger partial charge on any atom is -0.324 e. The molecule has 22 heavy (non-hydrogen) atoms. The van der Waals surface area contributed by atoms with E-state index in [-0.39, 0.29) is 11.5 Å². The van der Waals surface area contributed by atoms with Crippen molar-refractivity contribution in [3.63, 3.8) is 0 Å². The third-order valence-electron chi connectivity index (χ3n) is 3.58. The van der Waals surface area contributed by atoms with Crippen molar-refractivity contribution in [1.29, 1.82) is 0 Å². The third-order valence-corrected chi connectivity index (χ3v) is 4.64. The van der Waals surface area contributed by atoms with Crippen molar-refractivity contribution in [3.8, 4) is 11.3 Å². The van der Waals surface area contributed by atoms with Crippen LogP contribution in [-0.2, 0) is 4.79 Å². The fourth-order valence-electron chi connectivity index (χ4n) is 2.56. The zero-order chi connectivity index (χ0) is 15.1. The standard InChI is InChI=1S/C16H11N3O2S/c20-14-8-22-13-7-9(5-6-12(13)17-14)15-10-3-1-2-4-11(10)16(21)19-18-15/h1-7H,8H2,(H,17,20)(H,19,21). The largest absolute Gasteiger partial charge is 0.324 e. The molecule has 5 nitrogen and oxygen atoms in total. The van der Waals surface area contributed by atoms with Gasteiger partial charge in [-0.2, -0.15) is 5.10 Å². The summed E-state index contributed by atoms with van der Waals surface area (Å²) in [6.07, 6.45) is 0. The lowest BCUT2D eigenvalue weighted by Gasteiger charge is -2.17. The van der Waals surface area contributed by atoms with E-state index in [4.69, 9.17) is 0 Å². The van der Waals surface area contributed by atoms with Crippen molar-refractivity contribution in [1.82, 2.24) is 10.2 Å². The highest BCUT2D eigenvalue weighted by molar-refractivity contribution is 8.00. The quantitative estimate of drug-likeness (QED) is 0.724. The van der Waals surface area contributed by atoms with Crippen LogP contribution in [0, 0.1) is 0 Å². The Morgan fingerprint density at radius 3 is 2.73 bits per heavy atom. The number of thioether (sulfide) groups is 1. The molecule has 1 aromatic heterocycles. The van der Waals surface area contributed by atoms with Gasteiger partial charge in [-0.15, -0.1) is 11.8 Å². The number of benzene rings is 2. The highest BCUT2D eigenvalue weighted by Crippen LogP contribution is 2.35. The number of anilines is 1. The average molecular weight is 309 g/mol. The van der Waals surface area contributed by atoms with Gasteiger partial charge in [0.2, 0.25) is 5.91 Å². The molecule has 2 N–H and O–H groups in total. The van der Waals surface area contributed by atoms with E-state index in [1.54, 1.807) is 6.07 Å². The number of nitrogens with zero attached hydrogens (tertiary/aromatic N) is 1. The summed E-state index contributed by atoms with van der Waals surface area (Å²) in [5.74, 6) is 0.425. The summed E-state index contributed by atoms with van der Waals surface area (Å²) in [4.78, 5) is 24.3. The summed E-state index contributed by atoms with van der Waals surface area (Å²) in [5.41, 5.74) is 2.27. The van der Waals surface area contributed by atoms with Gasteiger partial charge >= 0.3 is 0 Å². The van der Waals surface area contributed by atoms with Gasteiger partial charge in [-0.3, -0.25) is 9.59 Å². The zero-order valence-electron chi connectivity index (χ0n) is 11.4. The zero-order valence-corrected chi connectivity index (χ0v) is 12.2. The molecule has 0 fully saturated rings. The average Bonchev–Trinajstić information content (AvgIpc) is 2.55. The lowest BCUT2D eigenvalue weighted by atomic mass is 10.0. The number of carbonyl (C=O) groups excluding carboxylic acids is 1. The van der Waals surface area contributed by atoms with Gasteiger partial charge in [0.25, 0.3) is 5.56 Å². The van der Waals surface area contributed by atoms with Crippen LogP contribution in [0.1, 0.15) is 0 Å². The Bertz CT molecular complexity index is 965. The molecule has 0 spiro atoms. The molecular formula is C16H11N3O2S. The van der Waals surface area contributed by atoms with E-state index >= 15 is 0 Å². The maximum atomic E-state index is 11.9. The van der Waals surface area contributed by atoms with Gasteiger partial charge in [-0.05, 0) is 18.2 Å². The van der Waals surface area contributed by atoms with Crippen LogP contribution >= 0.6 is 11.8 Å². The number of hydrogen-bond acceptors (Lipinski definition) is 4. The number of hydrogen-bond donors (Lipinski definition) is 2. The Labute approximate surface area is 129 Å². The number of rotatable bonds is 1. The van der Waals surface area contributed by atoms with Crippen LogP contribution in [0.15, 0.2) is 52.2 Å². The molecule has 0 radical (unpaired) electrons. The van der Waals surface area contributed by atoms with Crippen LogP contribution in [0.5, 0.6) is 0 Å². The molecule has 108 valence electrons. The minimum absolute atomic E-state index is 0.0119. The van der Waals surface area contributed by atoms with E-state index in [9.17, 15) is 9.59 Å². The van der Waals surface area contributed by atoms with E-state index < -0.39 is 0 Å². The number of carbonyl (C=O) groups is 1. The molecule has 2 heterocycles. The summed E-state index contributed by atoms with van der Waals surface area (Å²) in [6.45, 7) is 0. The predicted molar refractivity (Wildman–Crippen MR) is 87.2 cm³/mol. The van der Waals surface area contributed by atoms with Crippen LogP contribution in [-0.4, -0.2) is 21.9 Å². The van der Waals surface area contributed by atoms with Crippen molar-refractivity contribution in [2.75, 3.05) is 11.1 Å². The monoisotopic (exact) mass is 309 g/mol. The number of fused-ring (bicyclic) bond motifs is 2. The van der Waals surface area contributed by atoms with Crippen LogP contribution in [0.2, 0.25) is 0 Å². The number of amides is 1. The first-order valence-electron chi connectivity index (χ1n) is 6.77. The molecule has 0 unspecified atom stereocenters. The van der Waals surface area contributed by atoms with Crippen LogP contribution < -0.4 is 10.9 Å². The molecule has 1 aliphatic heterocycles. The molecule has 2 aromatic carbocycles. The van der Waals surface area contributed by atoms with Gasteiger partial charge in [0, 0.05) is 15.8 Å². The Morgan fingerprint density at radius 2 is 1.86 bits per heavy atom. The summed E-state index contributed by atoms with van der Waals surface area (Å²) in [6, 6.07) is 13.2. The van der Waals surface area contributed by atoms with Crippen molar-refractivity contribution < 1.29 is 4.79 Å². The molecule has 0 saturated heterocycles. The molecule has 0 bridgehead atoms. The highest BCUT2D eigenvalue weighted by Gasteiger charge is 2.17. The molecule has 0 atom stereocenters. The predicted octanol–water partition coefficient (Wildman–Crippen LogP) is 2.63. The topological polar surface area (TPSA) is 74.8 Å². The van der Waals surface area contributed by atoms with E-state index in [1.807, 2.05) is 36.4 Å². The molecule has 4 rings (SSSR count). The number of aromatic amines is 1. The van der Waals surface area contributed by atoms with Crippen molar-refractivity contribution in [2.45, 2.75) is 4.90 Å². The number of aromatic nitrogens is 2. The molecule has 0 saturated carbocycles. The van der Waals surface area contributed by atoms with Gasteiger partial charge in [-0.1, -0.05) is 24.3 Å². The molecule has 3 aromatic rings. The van der Waals surface area contributed by atoms with E-state index in [0.717, 1.165) is 27.2 Å². The lowest BCUT2D eigenvalue weighted by molar-refractivity contribution is -0.113. The van der Waals surface area contributed by atoms with Gasteiger partial charge in [0.1, 0.15) is 0 Å². The lowest BCUT2D eigenvalue weighted by Crippen LogP contribution is -2.18. The molecule has 6 heteroatoms. The van der Waals surface area contributed by atoms with Crippen molar-refractivity contribution in [2.24, 2.45) is 0 Å². The number of H-pyrrole nitrogens is 1. The summed E-state index contributed by atoms with van der Waals surface area (Å²) >= 11 is 1.50. The molecule has 1 aliphatic rings. The maximum Gasteiger partial charge on any atom is 0.272 e. The second-order valence-electron chi connectivity index (χ2n) is 4.99. The molecule has 1 amide bonds. The highest BCUT2D eigenvalue weighted by atomic mass is 32.2. The Kier molecular flexibility index (Phi) is 2.97. The van der Waals surface area contributed by atoms with Crippen molar-refractivity contribution >= 4 is 34.1 Å². The Morgan fingerprint density at radius 1 is 1.05 bits per heavy atom. The van der Waals surface area contributed by atoms with Crippen molar-refractivity contribution in [3.05, 3.63) is 52.8 Å². The summed E-state index contributed by atoms with van der Waals surface area (Å²) < 4.78 is 0. The number of nitrogens with one attached hydrogen (secondary N) is 2. The van der Waals surface area contributed by atoms with Gasteiger partial charge < -0.3 is 5.32 Å². The third kappa shape index (κ3) is 2.08. The van der Waals surface area contributed by atoms with E-state index in [0.29, 0.717) is 11.1 Å². The minimum atomic E-state index is -0.195. The fraction of sp³-hybridized carbons (Fsp3) is 0.0625. The SMILES string of the molecule is O=C1CSc2cc(-c3n[nH]c(=O)c4ccccc34)ccc2N1. The normalized spacial score (nSPS) is 13.7. The molecule has 0 aliphatic carbocycles. The second-order valence-corrected chi connectivity index (χ2v) is 6.01. The van der Waals surface area contributed by atoms with Gasteiger partial charge in [0.05, 0.1) is 22.5 Å². The Balaban J connectivity index is 1.91. The second kappa shape index (κ2) is 4.99. The van der Waals surface area contributed by atoms with Crippen LogP contribution in [0.3, 0.4) is 0 Å². The fourth-order valence-corrected chi connectivity index (χ4v) is 3.40. The molecular weight excluding hydrogens is 298 g/mol. The summed E-state index contributed by atoms with van der Waals surface area (Å²) in [7, 11) is 0. The van der Waals surface area contributed by atoms with E-state index in [1.165, 1.54) is 11.8 Å². The van der Waals surface area contributed by atoms with Gasteiger partial charge in [0.15, 0.2) is 0 Å². The first kappa shape index (κ1) is 13.1. The first-order chi connectivity index (χ1) is 10.7. The van der Waals surface area contributed by atoms with Crippen LogP contribution in [0.4, 0.5) is 5.69 Å². The van der Waals surface area contributed by atoms with E-state index in [2.05, 4.69) is 15.5 Å². The van der Waals surface area contributed by atoms with Gasteiger partial charge in [-0.25, -0.2) is 5.10 Å².